The number of sulfone groups is 1. The van der Waals surface area contributed by atoms with Crippen LogP contribution in [0, 0.1) is 24.4 Å². The number of aromatic amines is 1. The Balaban J connectivity index is 2.30. The zero-order chi connectivity index (χ0) is 21.7. The van der Waals surface area contributed by atoms with Crippen LogP contribution in [0.1, 0.15) is 11.4 Å². The summed E-state index contributed by atoms with van der Waals surface area (Å²) >= 11 is 0. The van der Waals surface area contributed by atoms with Crippen molar-refractivity contribution in [2.24, 2.45) is 0 Å². The molecule has 0 aliphatic heterocycles. The second-order valence-corrected chi connectivity index (χ2v) is 8.29. The molecule has 0 spiro atoms. The number of aromatic nitrogens is 2. The Hall–Kier alpha value is -2.82. The fourth-order valence-electron chi connectivity index (χ4n) is 2.71. The van der Waals surface area contributed by atoms with Crippen LogP contribution >= 0.6 is 0 Å². The zero-order valence-electron chi connectivity index (χ0n) is 14.8. The van der Waals surface area contributed by atoms with Crippen molar-refractivity contribution in [3.63, 3.8) is 0 Å². The summed E-state index contributed by atoms with van der Waals surface area (Å²) in [6.45, 7) is 1.38. The molecule has 1 aromatic heterocycles. The maximum atomic E-state index is 14.6. The fraction of sp³-hybridized carbons (Fsp3) is 0.167. The molecule has 11 heteroatoms. The van der Waals surface area contributed by atoms with Crippen LogP contribution in [0.5, 0.6) is 0 Å². The van der Waals surface area contributed by atoms with Crippen LogP contribution in [0.25, 0.3) is 22.5 Å². The molecular formula is C18H12F6N2O2S. The molecule has 3 aromatic rings. The maximum Gasteiger partial charge on any atom is 0.449 e. The van der Waals surface area contributed by atoms with Crippen molar-refractivity contribution in [1.82, 2.24) is 9.97 Å². The fourth-order valence-corrected chi connectivity index (χ4v) is 3.44. The number of H-pyrrole nitrogens is 1. The summed E-state index contributed by atoms with van der Waals surface area (Å²) in [6.07, 6.45) is -4.27. The highest BCUT2D eigenvalue weighted by atomic mass is 32.2. The quantitative estimate of drug-likeness (QED) is 0.597. The summed E-state index contributed by atoms with van der Waals surface area (Å²) in [5.41, 5.74) is -1.45. The second-order valence-electron chi connectivity index (χ2n) is 6.31. The molecule has 0 amide bonds. The number of hydrogen-bond acceptors (Lipinski definition) is 3. The summed E-state index contributed by atoms with van der Waals surface area (Å²) in [6, 6.07) is 4.21. The standard InChI is InChI=1S/C18H12F6N2O2S/c1-8-5-9(3-4-11(8)19)15-16(26-17(25-15)18(22,23)24)10-6-13(21)14(7-12(10)20)29(2,27)28/h3-7H,1-2H3,(H,25,26). The van der Waals surface area contributed by atoms with E-state index >= 15 is 0 Å². The summed E-state index contributed by atoms with van der Waals surface area (Å²) in [7, 11) is -4.11. The highest BCUT2D eigenvalue weighted by molar-refractivity contribution is 7.90. The number of aryl methyl sites for hydroxylation is 1. The van der Waals surface area contributed by atoms with E-state index in [-0.39, 0.29) is 16.8 Å². The Morgan fingerprint density at radius 2 is 1.62 bits per heavy atom. The smallest absolute Gasteiger partial charge is 0.334 e. The number of rotatable bonds is 3. The van der Waals surface area contributed by atoms with Crippen LogP contribution in [-0.4, -0.2) is 24.6 Å². The number of halogens is 6. The summed E-state index contributed by atoms with van der Waals surface area (Å²) < 4.78 is 105. The van der Waals surface area contributed by atoms with Gasteiger partial charge in [-0.05, 0) is 42.8 Å². The van der Waals surface area contributed by atoms with Crippen LogP contribution in [-0.2, 0) is 16.0 Å². The van der Waals surface area contributed by atoms with Crippen LogP contribution in [0.4, 0.5) is 26.3 Å². The lowest BCUT2D eigenvalue weighted by Crippen LogP contribution is -2.07. The van der Waals surface area contributed by atoms with Gasteiger partial charge in [-0.15, -0.1) is 0 Å². The molecule has 1 N–H and O–H groups in total. The van der Waals surface area contributed by atoms with Gasteiger partial charge in [0, 0.05) is 17.4 Å². The van der Waals surface area contributed by atoms with Gasteiger partial charge in [0.25, 0.3) is 0 Å². The Labute approximate surface area is 161 Å². The molecule has 1 heterocycles. The van der Waals surface area contributed by atoms with Crippen molar-refractivity contribution in [2.45, 2.75) is 18.0 Å². The van der Waals surface area contributed by atoms with Gasteiger partial charge in [-0.1, -0.05) is 0 Å². The van der Waals surface area contributed by atoms with E-state index < -0.39 is 55.4 Å². The Morgan fingerprint density at radius 1 is 0.966 bits per heavy atom. The van der Waals surface area contributed by atoms with E-state index in [1.54, 1.807) is 0 Å². The minimum atomic E-state index is -4.93. The van der Waals surface area contributed by atoms with Gasteiger partial charge in [0.1, 0.15) is 22.3 Å². The van der Waals surface area contributed by atoms with Gasteiger partial charge in [0.05, 0.1) is 11.4 Å². The minimum Gasteiger partial charge on any atom is -0.334 e. The second kappa shape index (κ2) is 6.90. The molecule has 3 rings (SSSR count). The third-order valence-corrected chi connectivity index (χ3v) is 5.21. The SMILES string of the molecule is Cc1cc(-c2[nH]c(C(F)(F)F)nc2-c2cc(F)c(S(C)(=O)=O)cc2F)ccc1F. The monoisotopic (exact) mass is 434 g/mol. The summed E-state index contributed by atoms with van der Waals surface area (Å²) in [5, 5.41) is 0. The first-order chi connectivity index (χ1) is 13.3. The molecule has 0 saturated carbocycles. The normalized spacial score (nSPS) is 12.4. The van der Waals surface area contributed by atoms with Crippen molar-refractivity contribution in [2.75, 3.05) is 6.26 Å². The van der Waals surface area contributed by atoms with Gasteiger partial charge in [-0.3, -0.25) is 0 Å². The molecule has 154 valence electrons. The molecular weight excluding hydrogens is 422 g/mol. The molecule has 0 fully saturated rings. The summed E-state index contributed by atoms with van der Waals surface area (Å²) in [4.78, 5) is 4.41. The van der Waals surface area contributed by atoms with Gasteiger partial charge < -0.3 is 4.98 Å². The van der Waals surface area contributed by atoms with Crippen molar-refractivity contribution in [3.05, 3.63) is 59.2 Å². The van der Waals surface area contributed by atoms with Gasteiger partial charge in [0.2, 0.25) is 5.82 Å². The highest BCUT2D eigenvalue weighted by Crippen LogP contribution is 2.38. The first kappa shape index (κ1) is 20.9. The van der Waals surface area contributed by atoms with E-state index in [1.165, 1.54) is 13.0 Å². The lowest BCUT2D eigenvalue weighted by Gasteiger charge is -2.08. The van der Waals surface area contributed by atoms with Crippen molar-refractivity contribution in [3.8, 4) is 22.5 Å². The first-order valence-electron chi connectivity index (χ1n) is 7.92. The number of nitrogens with one attached hydrogen (secondary N) is 1. The van der Waals surface area contributed by atoms with Crippen LogP contribution in [0.2, 0.25) is 0 Å². The first-order valence-corrected chi connectivity index (χ1v) is 9.81. The van der Waals surface area contributed by atoms with Gasteiger partial charge in [0.15, 0.2) is 9.84 Å². The third kappa shape index (κ3) is 4.00. The number of nitrogens with zero attached hydrogens (tertiary/aromatic N) is 1. The average molecular weight is 434 g/mol. The predicted octanol–water partition coefficient (Wildman–Crippen LogP) is 4.89. The molecule has 0 unspecified atom stereocenters. The van der Waals surface area contributed by atoms with E-state index in [4.69, 9.17) is 0 Å². The van der Waals surface area contributed by atoms with E-state index in [2.05, 4.69) is 4.98 Å². The maximum absolute atomic E-state index is 14.6. The van der Waals surface area contributed by atoms with Crippen LogP contribution in [0.15, 0.2) is 35.2 Å². The van der Waals surface area contributed by atoms with Crippen LogP contribution < -0.4 is 0 Å². The lowest BCUT2D eigenvalue weighted by atomic mass is 10.0. The van der Waals surface area contributed by atoms with Crippen molar-refractivity contribution >= 4 is 9.84 Å². The van der Waals surface area contributed by atoms with E-state index in [1.807, 2.05) is 4.98 Å². The lowest BCUT2D eigenvalue weighted by molar-refractivity contribution is -0.144. The molecule has 29 heavy (non-hydrogen) atoms. The molecule has 0 saturated heterocycles. The van der Waals surface area contributed by atoms with Gasteiger partial charge in [-0.2, -0.15) is 13.2 Å². The van der Waals surface area contributed by atoms with Gasteiger partial charge in [-0.25, -0.2) is 26.6 Å². The number of benzene rings is 2. The zero-order valence-corrected chi connectivity index (χ0v) is 15.6. The molecule has 0 atom stereocenters. The molecule has 0 aliphatic rings. The molecule has 0 radical (unpaired) electrons. The van der Waals surface area contributed by atoms with E-state index in [0.717, 1.165) is 12.1 Å². The van der Waals surface area contributed by atoms with E-state index in [0.29, 0.717) is 18.4 Å². The van der Waals surface area contributed by atoms with Gasteiger partial charge >= 0.3 is 6.18 Å². The average Bonchev–Trinajstić information content (AvgIpc) is 3.03. The summed E-state index contributed by atoms with van der Waals surface area (Å²) in [5.74, 6) is -4.72. The number of alkyl halides is 3. The number of imidazole rings is 1. The molecule has 0 bridgehead atoms. The Bertz CT molecular complexity index is 1220. The third-order valence-electron chi connectivity index (χ3n) is 4.10. The largest absolute Gasteiger partial charge is 0.449 e. The molecule has 4 nitrogen and oxygen atoms in total. The van der Waals surface area contributed by atoms with Crippen molar-refractivity contribution < 1.29 is 34.8 Å². The number of hydrogen-bond donors (Lipinski definition) is 1. The molecule has 2 aromatic carbocycles. The Kier molecular flexibility index (Phi) is 4.98. The van der Waals surface area contributed by atoms with Crippen LogP contribution in [0.3, 0.4) is 0 Å². The molecule has 0 aliphatic carbocycles. The van der Waals surface area contributed by atoms with Crippen molar-refractivity contribution in [1.29, 1.82) is 0 Å². The highest BCUT2D eigenvalue weighted by Gasteiger charge is 2.36. The predicted molar refractivity (Wildman–Crippen MR) is 92.2 cm³/mol. The topological polar surface area (TPSA) is 62.8 Å². The minimum absolute atomic E-state index is 0.0499. The van der Waals surface area contributed by atoms with E-state index in [9.17, 15) is 34.8 Å². The Morgan fingerprint density at radius 3 is 2.17 bits per heavy atom.